The number of aryl methyl sites for hydroxylation is 1. The molecule has 1 saturated carbocycles. The molecule has 3 aromatic carbocycles. The molecule has 39 heavy (non-hydrogen) atoms. The van der Waals surface area contributed by atoms with Crippen LogP contribution in [0.2, 0.25) is 0 Å². The van der Waals surface area contributed by atoms with Crippen LogP contribution in [0.15, 0.2) is 87.2 Å². The molecule has 0 saturated heterocycles. The summed E-state index contributed by atoms with van der Waals surface area (Å²) in [5.41, 5.74) is 6.38. The van der Waals surface area contributed by atoms with E-state index in [4.69, 9.17) is 4.98 Å². The topological polar surface area (TPSA) is 64.0 Å². The van der Waals surface area contributed by atoms with Crippen molar-refractivity contribution in [1.82, 2.24) is 9.55 Å². The Labute approximate surface area is 241 Å². The maximum absolute atomic E-state index is 14.6. The summed E-state index contributed by atoms with van der Waals surface area (Å²) in [7, 11) is 0. The van der Waals surface area contributed by atoms with Gasteiger partial charge in [0.05, 0.1) is 22.7 Å². The van der Waals surface area contributed by atoms with Crippen molar-refractivity contribution in [2.24, 2.45) is 0 Å². The lowest BCUT2D eigenvalue weighted by Crippen LogP contribution is -2.43. The lowest BCUT2D eigenvalue weighted by atomic mass is 9.62. The SMILES string of the molecule is Cc1ccc(-n2c(SCC(=O)Nc3ccc(Br)cc3)nc3c(c2=O)C2(CCCCC2)Cc2ccccc2-3)cc1. The van der Waals surface area contributed by atoms with Crippen molar-refractivity contribution >= 4 is 39.3 Å². The van der Waals surface area contributed by atoms with Crippen LogP contribution in [0.25, 0.3) is 16.9 Å². The summed E-state index contributed by atoms with van der Waals surface area (Å²) in [5.74, 6) is -0.00571. The van der Waals surface area contributed by atoms with Crippen molar-refractivity contribution in [3.05, 3.63) is 104 Å². The molecule has 2 aliphatic carbocycles. The summed E-state index contributed by atoms with van der Waals surface area (Å²) in [6.45, 7) is 2.04. The number of halogens is 1. The second kappa shape index (κ2) is 10.8. The minimum absolute atomic E-state index is 0.00364. The lowest BCUT2D eigenvalue weighted by Gasteiger charge is -2.42. The van der Waals surface area contributed by atoms with E-state index in [0.717, 1.165) is 70.3 Å². The zero-order chi connectivity index (χ0) is 27.0. The third-order valence-electron chi connectivity index (χ3n) is 7.95. The summed E-state index contributed by atoms with van der Waals surface area (Å²) in [6, 6.07) is 23.8. The van der Waals surface area contributed by atoms with Gasteiger partial charge in [0.2, 0.25) is 5.91 Å². The molecule has 6 rings (SSSR count). The van der Waals surface area contributed by atoms with Crippen molar-refractivity contribution in [3.8, 4) is 16.9 Å². The second-order valence-electron chi connectivity index (χ2n) is 10.6. The molecule has 0 bridgehead atoms. The highest BCUT2D eigenvalue weighted by Gasteiger charge is 2.43. The number of benzene rings is 3. The maximum Gasteiger partial charge on any atom is 0.263 e. The first-order chi connectivity index (χ1) is 18.9. The minimum Gasteiger partial charge on any atom is -0.325 e. The molecule has 1 aromatic heterocycles. The van der Waals surface area contributed by atoms with Crippen LogP contribution in [-0.4, -0.2) is 21.2 Å². The molecule has 0 atom stereocenters. The molecule has 4 aromatic rings. The third kappa shape index (κ3) is 5.10. The van der Waals surface area contributed by atoms with E-state index in [-0.39, 0.29) is 22.6 Å². The molecular formula is C32H30BrN3O2S. The number of hydrogen-bond donors (Lipinski definition) is 1. The molecule has 1 heterocycles. The summed E-state index contributed by atoms with van der Waals surface area (Å²) >= 11 is 4.73. The monoisotopic (exact) mass is 599 g/mol. The Morgan fingerprint density at radius 1 is 1.00 bits per heavy atom. The lowest BCUT2D eigenvalue weighted by molar-refractivity contribution is -0.113. The van der Waals surface area contributed by atoms with Gasteiger partial charge >= 0.3 is 0 Å². The maximum atomic E-state index is 14.6. The molecule has 1 spiro atoms. The number of nitrogens with one attached hydrogen (secondary N) is 1. The van der Waals surface area contributed by atoms with Crippen LogP contribution in [0.1, 0.15) is 48.8 Å². The van der Waals surface area contributed by atoms with E-state index < -0.39 is 0 Å². The van der Waals surface area contributed by atoms with Crippen LogP contribution in [-0.2, 0) is 16.6 Å². The molecule has 2 aliphatic rings. The van der Waals surface area contributed by atoms with Gasteiger partial charge in [0.1, 0.15) is 0 Å². The fraction of sp³-hybridized carbons (Fsp3) is 0.281. The number of carbonyl (C=O) groups excluding carboxylic acids is 1. The Morgan fingerprint density at radius 2 is 1.72 bits per heavy atom. The third-order valence-corrected chi connectivity index (χ3v) is 9.41. The van der Waals surface area contributed by atoms with E-state index in [9.17, 15) is 9.59 Å². The number of hydrogen-bond acceptors (Lipinski definition) is 4. The van der Waals surface area contributed by atoms with Gasteiger partial charge in [-0.15, -0.1) is 0 Å². The first-order valence-corrected chi connectivity index (χ1v) is 15.2. The molecular weight excluding hydrogens is 570 g/mol. The number of amides is 1. The fourth-order valence-corrected chi connectivity index (χ4v) is 7.14. The highest BCUT2D eigenvalue weighted by molar-refractivity contribution is 9.10. The van der Waals surface area contributed by atoms with Crippen molar-refractivity contribution in [2.45, 2.75) is 56.0 Å². The summed E-state index contributed by atoms with van der Waals surface area (Å²) in [6.07, 6.45) is 6.34. The fourth-order valence-electron chi connectivity index (χ4n) is 6.07. The molecule has 5 nitrogen and oxygen atoms in total. The van der Waals surface area contributed by atoms with Crippen molar-refractivity contribution < 1.29 is 4.79 Å². The standard InChI is InChI=1S/C32H30BrN3O2S/c1-21-9-15-25(16-10-21)36-30(38)28-29(26-8-4-3-7-22(26)19-32(28)17-5-2-6-18-32)35-31(36)39-20-27(37)34-24-13-11-23(33)12-14-24/h3-4,7-16H,2,5-6,17-20H2,1H3,(H,34,37). The first-order valence-electron chi connectivity index (χ1n) is 13.4. The van der Waals surface area contributed by atoms with Gasteiger partial charge in [-0.2, -0.15) is 0 Å². The predicted molar refractivity (Wildman–Crippen MR) is 162 cm³/mol. The van der Waals surface area contributed by atoms with E-state index in [0.29, 0.717) is 5.16 Å². The van der Waals surface area contributed by atoms with Crippen LogP contribution in [0, 0.1) is 6.92 Å². The predicted octanol–water partition coefficient (Wildman–Crippen LogP) is 7.46. The van der Waals surface area contributed by atoms with Crippen LogP contribution in [0.3, 0.4) is 0 Å². The highest BCUT2D eigenvalue weighted by atomic mass is 79.9. The van der Waals surface area contributed by atoms with Crippen LogP contribution < -0.4 is 10.9 Å². The normalized spacial score (nSPS) is 15.4. The zero-order valence-corrected chi connectivity index (χ0v) is 24.3. The van der Waals surface area contributed by atoms with Gasteiger partial charge in [-0.05, 0) is 68.1 Å². The van der Waals surface area contributed by atoms with E-state index in [1.54, 1.807) is 4.57 Å². The van der Waals surface area contributed by atoms with Gasteiger partial charge < -0.3 is 5.32 Å². The van der Waals surface area contributed by atoms with Crippen LogP contribution in [0.5, 0.6) is 0 Å². The highest BCUT2D eigenvalue weighted by Crippen LogP contribution is 2.49. The molecule has 7 heteroatoms. The van der Waals surface area contributed by atoms with Gasteiger partial charge in [-0.25, -0.2) is 4.98 Å². The van der Waals surface area contributed by atoms with Gasteiger partial charge in [-0.1, -0.05) is 88.9 Å². The van der Waals surface area contributed by atoms with Gasteiger partial charge in [-0.3, -0.25) is 14.2 Å². The Balaban J connectivity index is 1.46. The van der Waals surface area contributed by atoms with Gasteiger partial charge in [0.15, 0.2) is 5.16 Å². The van der Waals surface area contributed by atoms with E-state index >= 15 is 0 Å². The number of anilines is 1. The molecule has 0 radical (unpaired) electrons. The number of carbonyl (C=O) groups is 1. The van der Waals surface area contributed by atoms with E-state index in [1.165, 1.54) is 23.7 Å². The Morgan fingerprint density at radius 3 is 2.46 bits per heavy atom. The molecule has 1 fully saturated rings. The largest absolute Gasteiger partial charge is 0.325 e. The van der Waals surface area contributed by atoms with Gasteiger partial charge in [0, 0.05) is 21.1 Å². The van der Waals surface area contributed by atoms with Crippen molar-refractivity contribution in [1.29, 1.82) is 0 Å². The summed E-state index contributed by atoms with van der Waals surface area (Å²) in [5, 5.41) is 3.49. The van der Waals surface area contributed by atoms with Crippen LogP contribution >= 0.6 is 27.7 Å². The summed E-state index contributed by atoms with van der Waals surface area (Å²) < 4.78 is 2.69. The molecule has 0 unspecified atom stereocenters. The Hall–Kier alpha value is -3.16. The number of thioether (sulfide) groups is 1. The Bertz CT molecular complexity index is 1590. The van der Waals surface area contributed by atoms with Gasteiger partial charge in [0.25, 0.3) is 5.56 Å². The van der Waals surface area contributed by atoms with E-state index in [2.05, 4.69) is 39.4 Å². The average molecular weight is 601 g/mol. The van der Waals surface area contributed by atoms with Crippen molar-refractivity contribution in [2.75, 3.05) is 11.1 Å². The second-order valence-corrected chi connectivity index (χ2v) is 12.5. The molecule has 198 valence electrons. The number of nitrogens with zero attached hydrogens (tertiary/aromatic N) is 2. The quantitative estimate of drug-likeness (QED) is 0.191. The van der Waals surface area contributed by atoms with Crippen LogP contribution in [0.4, 0.5) is 5.69 Å². The smallest absolute Gasteiger partial charge is 0.263 e. The Kier molecular flexibility index (Phi) is 7.21. The molecule has 0 aliphatic heterocycles. The minimum atomic E-state index is -0.194. The zero-order valence-electron chi connectivity index (χ0n) is 21.9. The number of aromatic nitrogens is 2. The molecule has 1 amide bonds. The number of fused-ring (bicyclic) bond motifs is 4. The summed E-state index contributed by atoms with van der Waals surface area (Å²) in [4.78, 5) is 32.7. The number of rotatable bonds is 5. The average Bonchev–Trinajstić information content (AvgIpc) is 2.94. The molecule has 1 N–H and O–H groups in total. The first kappa shape index (κ1) is 26.1. The van der Waals surface area contributed by atoms with E-state index in [1.807, 2.05) is 61.5 Å². The van der Waals surface area contributed by atoms with Crippen molar-refractivity contribution in [3.63, 3.8) is 0 Å².